The summed E-state index contributed by atoms with van der Waals surface area (Å²) in [6.45, 7) is 3.27. The van der Waals surface area contributed by atoms with Gasteiger partial charge in [-0.15, -0.1) is 0 Å². The van der Waals surface area contributed by atoms with Gasteiger partial charge in [0, 0.05) is 24.2 Å². The van der Waals surface area contributed by atoms with Crippen LogP contribution in [0.3, 0.4) is 0 Å². The van der Waals surface area contributed by atoms with Gasteiger partial charge in [-0.1, -0.05) is 23.6 Å². The fourth-order valence-electron chi connectivity index (χ4n) is 5.01. The molecule has 0 bridgehead atoms. The summed E-state index contributed by atoms with van der Waals surface area (Å²) in [6, 6.07) is 7.02. The van der Waals surface area contributed by atoms with Gasteiger partial charge >= 0.3 is 17.8 Å². The number of aromatic amines is 1. The molecule has 0 saturated carbocycles. The van der Waals surface area contributed by atoms with Crippen LogP contribution in [0.2, 0.25) is 5.02 Å². The summed E-state index contributed by atoms with van der Waals surface area (Å²) < 4.78 is 71.7. The van der Waals surface area contributed by atoms with Crippen LogP contribution in [0.5, 0.6) is 0 Å². The number of nitrogens with one attached hydrogen (secondary N) is 2. The molecular formula is C30H24ClF5N8O2. The first-order valence-electron chi connectivity index (χ1n) is 13.5. The number of amides is 1. The number of H-pyrrole nitrogens is 1. The van der Waals surface area contributed by atoms with E-state index >= 15 is 0 Å². The van der Waals surface area contributed by atoms with Gasteiger partial charge in [0.2, 0.25) is 0 Å². The lowest BCUT2D eigenvalue weighted by Crippen LogP contribution is -2.40. The third kappa shape index (κ3) is 6.43. The molecule has 5 rings (SSSR count). The first-order chi connectivity index (χ1) is 21.5. The van der Waals surface area contributed by atoms with Crippen molar-refractivity contribution >= 4 is 34.2 Å². The molecule has 16 heteroatoms. The van der Waals surface area contributed by atoms with Crippen LogP contribution in [-0.2, 0) is 23.8 Å². The van der Waals surface area contributed by atoms with Crippen LogP contribution in [0.4, 0.5) is 27.8 Å². The van der Waals surface area contributed by atoms with Crippen molar-refractivity contribution in [3.05, 3.63) is 92.9 Å². The fraction of sp³-hybridized carbons (Fsp3) is 0.233. The summed E-state index contributed by atoms with van der Waals surface area (Å²) in [4.78, 5) is 29.0. The Bertz CT molecular complexity index is 2090. The first kappa shape index (κ1) is 32.2. The Balaban J connectivity index is 1.75. The van der Waals surface area contributed by atoms with E-state index < -0.39 is 47.4 Å². The van der Waals surface area contributed by atoms with Crippen molar-refractivity contribution in [3.8, 4) is 23.0 Å². The number of halogens is 6. The number of nitrogens with two attached hydrogens (primary N) is 1. The highest BCUT2D eigenvalue weighted by Gasteiger charge is 2.40. The number of carbonyl (C=O) groups excluding carboxylic acids is 1. The number of rotatable bonds is 6. The standard InChI is InChI=1S/C30H24ClF5N8O2/c1-29(2,44-14-38-41-28(44)46)9-8-18-4-5-19(20-6-7-21(31)23-25(20)43(3)42-26(23)37)24(39-18)22(40-27(45)30(34,35)36)12-15-10-16(32)13-17(33)11-15/h4-7,10-11,13-14,22H,12H2,1-3H3,(H2,37,42)(H,40,45)(H,41,46)/t22-/m0/s1. The number of hydrogen-bond acceptors (Lipinski definition) is 6. The van der Waals surface area contributed by atoms with Crippen molar-refractivity contribution in [1.82, 2.24) is 34.8 Å². The summed E-state index contributed by atoms with van der Waals surface area (Å²) in [5.41, 5.74) is 5.37. The smallest absolute Gasteiger partial charge is 0.382 e. The lowest BCUT2D eigenvalue weighted by Gasteiger charge is -2.23. The summed E-state index contributed by atoms with van der Waals surface area (Å²) in [5, 5.41) is 12.7. The van der Waals surface area contributed by atoms with Gasteiger partial charge in [0.25, 0.3) is 0 Å². The zero-order valence-electron chi connectivity index (χ0n) is 24.3. The number of fused-ring (bicyclic) bond motifs is 1. The summed E-state index contributed by atoms with van der Waals surface area (Å²) >= 11 is 6.40. The SMILES string of the molecule is Cn1nc(N)c2c(Cl)ccc(-c3ccc(C#CC(C)(C)n4cn[nH]c4=O)nc3[C@H](Cc3cc(F)cc(F)c3)NC(=O)C(F)(F)F)c21. The average Bonchev–Trinajstić information content (AvgIpc) is 3.53. The molecule has 0 radical (unpaired) electrons. The predicted molar refractivity (Wildman–Crippen MR) is 159 cm³/mol. The molecule has 3 heterocycles. The van der Waals surface area contributed by atoms with E-state index in [-0.39, 0.29) is 33.4 Å². The van der Waals surface area contributed by atoms with Gasteiger partial charge in [-0.3, -0.25) is 14.0 Å². The molecule has 10 nitrogen and oxygen atoms in total. The van der Waals surface area contributed by atoms with Crippen molar-refractivity contribution in [2.24, 2.45) is 7.05 Å². The molecule has 1 amide bonds. The average molecular weight is 659 g/mol. The molecule has 0 aliphatic heterocycles. The second-order valence-corrected chi connectivity index (χ2v) is 11.2. The van der Waals surface area contributed by atoms with E-state index in [4.69, 9.17) is 17.3 Å². The van der Waals surface area contributed by atoms with E-state index in [1.54, 1.807) is 27.0 Å². The summed E-state index contributed by atoms with van der Waals surface area (Å²) in [7, 11) is 1.59. The van der Waals surface area contributed by atoms with Gasteiger partial charge in [0.05, 0.1) is 27.7 Å². The van der Waals surface area contributed by atoms with E-state index in [0.717, 1.165) is 12.1 Å². The molecule has 0 fully saturated rings. The van der Waals surface area contributed by atoms with E-state index in [2.05, 4.69) is 32.1 Å². The Hall–Kier alpha value is -5.23. The van der Waals surface area contributed by atoms with Crippen molar-refractivity contribution in [2.45, 2.75) is 38.0 Å². The normalized spacial score (nSPS) is 12.5. The Kier molecular flexibility index (Phi) is 8.35. The van der Waals surface area contributed by atoms with Gasteiger partial charge < -0.3 is 11.1 Å². The van der Waals surface area contributed by atoms with Gasteiger partial charge in [-0.2, -0.15) is 23.4 Å². The highest BCUT2D eigenvalue weighted by atomic mass is 35.5. The molecule has 238 valence electrons. The lowest BCUT2D eigenvalue weighted by molar-refractivity contribution is -0.174. The van der Waals surface area contributed by atoms with Crippen molar-refractivity contribution in [3.63, 3.8) is 0 Å². The summed E-state index contributed by atoms with van der Waals surface area (Å²) in [6.07, 6.45) is -4.53. The zero-order chi connectivity index (χ0) is 33.6. The molecule has 4 N–H and O–H groups in total. The molecule has 46 heavy (non-hydrogen) atoms. The minimum atomic E-state index is -5.30. The van der Waals surface area contributed by atoms with E-state index in [1.165, 1.54) is 33.8 Å². The molecule has 0 unspecified atom stereocenters. The predicted octanol–water partition coefficient (Wildman–Crippen LogP) is 4.78. The van der Waals surface area contributed by atoms with E-state index in [9.17, 15) is 31.5 Å². The Morgan fingerprint density at radius 1 is 1.11 bits per heavy atom. The van der Waals surface area contributed by atoms with E-state index in [1.807, 2.05) is 5.32 Å². The van der Waals surface area contributed by atoms with E-state index in [0.29, 0.717) is 22.5 Å². The maximum atomic E-state index is 14.2. The number of anilines is 1. The number of hydrogen-bond donors (Lipinski definition) is 3. The quantitative estimate of drug-likeness (QED) is 0.177. The Morgan fingerprint density at radius 2 is 1.78 bits per heavy atom. The number of pyridine rings is 1. The second kappa shape index (κ2) is 11.9. The van der Waals surface area contributed by atoms with Crippen molar-refractivity contribution in [1.29, 1.82) is 0 Å². The van der Waals surface area contributed by atoms with Crippen LogP contribution >= 0.6 is 11.6 Å². The van der Waals surface area contributed by atoms with Gasteiger partial charge in [0.1, 0.15) is 29.2 Å². The molecule has 0 aliphatic carbocycles. The number of aromatic nitrogens is 6. The number of alkyl halides is 3. The second-order valence-electron chi connectivity index (χ2n) is 10.8. The molecule has 0 aliphatic rings. The first-order valence-corrected chi connectivity index (χ1v) is 13.8. The van der Waals surface area contributed by atoms with Crippen molar-refractivity contribution < 1.29 is 26.7 Å². The highest BCUT2D eigenvalue weighted by Crippen LogP contribution is 2.39. The zero-order valence-corrected chi connectivity index (χ0v) is 25.1. The van der Waals surface area contributed by atoms with Crippen molar-refractivity contribution in [2.75, 3.05) is 5.73 Å². The molecule has 2 aromatic carbocycles. The minimum Gasteiger partial charge on any atom is -0.382 e. The summed E-state index contributed by atoms with van der Waals surface area (Å²) in [5.74, 6) is 1.58. The third-order valence-electron chi connectivity index (χ3n) is 7.09. The van der Waals surface area contributed by atoms with Crippen LogP contribution < -0.4 is 16.7 Å². The number of benzene rings is 2. The largest absolute Gasteiger partial charge is 0.471 e. The maximum absolute atomic E-state index is 14.2. The molecule has 1 atom stereocenters. The fourth-order valence-corrected chi connectivity index (χ4v) is 5.26. The molecule has 0 saturated heterocycles. The molecule has 3 aromatic heterocycles. The maximum Gasteiger partial charge on any atom is 0.471 e. The monoisotopic (exact) mass is 658 g/mol. The topological polar surface area (TPSA) is 137 Å². The molecule has 0 spiro atoms. The third-order valence-corrected chi connectivity index (χ3v) is 7.40. The van der Waals surface area contributed by atoms with Gasteiger partial charge in [-0.25, -0.2) is 23.7 Å². The molecular weight excluding hydrogens is 635 g/mol. The van der Waals surface area contributed by atoms with Crippen LogP contribution in [0.25, 0.3) is 22.0 Å². The Labute approximate surface area is 262 Å². The molecule has 5 aromatic rings. The van der Waals surface area contributed by atoms with Gasteiger partial charge in [0.15, 0.2) is 5.82 Å². The lowest BCUT2D eigenvalue weighted by atomic mass is 9.93. The number of aryl methyl sites for hydroxylation is 1. The van der Waals surface area contributed by atoms with Crippen LogP contribution in [0, 0.1) is 23.5 Å². The Morgan fingerprint density at radius 3 is 2.41 bits per heavy atom. The number of nitrogens with zero attached hydrogens (tertiary/aromatic N) is 5. The highest BCUT2D eigenvalue weighted by molar-refractivity contribution is 6.37. The van der Waals surface area contributed by atoms with Crippen LogP contribution in [-0.4, -0.2) is 41.6 Å². The van der Waals surface area contributed by atoms with Gasteiger partial charge in [-0.05, 0) is 62.1 Å². The van der Waals surface area contributed by atoms with Crippen LogP contribution in [0.15, 0.2) is 53.6 Å². The number of nitrogen functional groups attached to an aromatic ring is 1. The minimum absolute atomic E-state index is 0.0507. The van der Waals surface area contributed by atoms with Crippen LogP contribution in [0.1, 0.15) is 36.8 Å². The number of carbonyl (C=O) groups is 1.